The number of morpholine rings is 1. The Hall–Kier alpha value is -2.44. The van der Waals surface area contributed by atoms with Crippen LogP contribution in [0.15, 0.2) is 42.5 Å². The van der Waals surface area contributed by atoms with E-state index >= 15 is 0 Å². The minimum atomic E-state index is -0.665. The Bertz CT molecular complexity index is 785. The number of hydrogen-bond donors (Lipinski definition) is 1. The van der Waals surface area contributed by atoms with E-state index in [0.29, 0.717) is 31.9 Å². The van der Waals surface area contributed by atoms with Crippen LogP contribution in [-0.2, 0) is 11.3 Å². The molecule has 1 fully saturated rings. The van der Waals surface area contributed by atoms with Gasteiger partial charge in [0, 0.05) is 25.2 Å². The smallest absolute Gasteiger partial charge is 0.256 e. The molecule has 5 nitrogen and oxygen atoms in total. The van der Waals surface area contributed by atoms with Gasteiger partial charge in [-0.15, -0.1) is 0 Å². The fraction of sp³-hybridized carbons (Fsp3) is 0.263. The van der Waals surface area contributed by atoms with Gasteiger partial charge in [0.15, 0.2) is 0 Å². The van der Waals surface area contributed by atoms with Crippen molar-refractivity contribution < 1.29 is 18.7 Å². The molecule has 0 bridgehead atoms. The van der Waals surface area contributed by atoms with Gasteiger partial charge in [-0.3, -0.25) is 9.59 Å². The molecule has 136 valence electrons. The van der Waals surface area contributed by atoms with Crippen LogP contribution in [0, 0.1) is 5.82 Å². The lowest BCUT2D eigenvalue weighted by Crippen LogP contribution is -2.40. The second-order valence-corrected chi connectivity index (χ2v) is 6.29. The molecule has 2 aromatic carbocycles. The van der Waals surface area contributed by atoms with E-state index in [2.05, 4.69) is 5.32 Å². The van der Waals surface area contributed by atoms with E-state index in [9.17, 15) is 14.0 Å². The maximum absolute atomic E-state index is 13.7. The third kappa shape index (κ3) is 4.20. The number of nitrogens with one attached hydrogen (secondary N) is 1. The molecular formula is C19H18ClFN2O3. The number of nitrogens with zero attached hydrogens (tertiary/aromatic N) is 1. The molecule has 1 aliphatic rings. The Kier molecular flexibility index (Phi) is 5.85. The van der Waals surface area contributed by atoms with Crippen LogP contribution in [0.3, 0.4) is 0 Å². The Balaban J connectivity index is 1.61. The first-order valence-electron chi connectivity index (χ1n) is 8.24. The minimum Gasteiger partial charge on any atom is -0.378 e. The van der Waals surface area contributed by atoms with E-state index in [1.54, 1.807) is 29.2 Å². The molecule has 0 aromatic heterocycles. The standard InChI is InChI=1S/C19H18ClFN2O3/c20-15-2-1-3-16(21)17(15)18(24)22-12-13-4-6-14(7-5-13)19(25)23-8-10-26-11-9-23/h1-7H,8-12H2,(H,22,24). The van der Waals surface area contributed by atoms with Crippen molar-refractivity contribution in [2.24, 2.45) is 0 Å². The van der Waals surface area contributed by atoms with Crippen LogP contribution in [-0.4, -0.2) is 43.0 Å². The van der Waals surface area contributed by atoms with E-state index in [4.69, 9.17) is 16.3 Å². The number of ether oxygens (including phenoxy) is 1. The highest BCUT2D eigenvalue weighted by atomic mass is 35.5. The number of carbonyl (C=O) groups is 2. The Morgan fingerprint density at radius 3 is 2.46 bits per heavy atom. The van der Waals surface area contributed by atoms with Crippen molar-refractivity contribution in [1.29, 1.82) is 0 Å². The molecule has 1 N–H and O–H groups in total. The lowest BCUT2D eigenvalue weighted by Gasteiger charge is -2.26. The van der Waals surface area contributed by atoms with Crippen molar-refractivity contribution in [2.75, 3.05) is 26.3 Å². The van der Waals surface area contributed by atoms with Crippen molar-refractivity contribution in [3.63, 3.8) is 0 Å². The van der Waals surface area contributed by atoms with Gasteiger partial charge in [-0.05, 0) is 29.8 Å². The Labute approximate surface area is 155 Å². The molecule has 0 aliphatic carbocycles. The van der Waals surface area contributed by atoms with Gasteiger partial charge in [-0.2, -0.15) is 0 Å². The summed E-state index contributed by atoms with van der Waals surface area (Å²) in [5, 5.41) is 2.70. The highest BCUT2D eigenvalue weighted by Gasteiger charge is 2.18. The van der Waals surface area contributed by atoms with Crippen LogP contribution in [0.25, 0.3) is 0 Å². The topological polar surface area (TPSA) is 58.6 Å². The number of amides is 2. The fourth-order valence-electron chi connectivity index (χ4n) is 2.70. The molecule has 0 unspecified atom stereocenters. The number of hydrogen-bond acceptors (Lipinski definition) is 3. The highest BCUT2D eigenvalue weighted by molar-refractivity contribution is 6.33. The maximum Gasteiger partial charge on any atom is 0.256 e. The normalized spacial score (nSPS) is 14.2. The van der Waals surface area contributed by atoms with E-state index in [1.165, 1.54) is 18.2 Å². The zero-order valence-electron chi connectivity index (χ0n) is 14.0. The Morgan fingerprint density at radius 1 is 1.12 bits per heavy atom. The van der Waals surface area contributed by atoms with Crippen LogP contribution >= 0.6 is 11.6 Å². The van der Waals surface area contributed by atoms with Crippen molar-refractivity contribution in [3.8, 4) is 0 Å². The van der Waals surface area contributed by atoms with Crippen molar-refractivity contribution in [3.05, 3.63) is 70.0 Å². The molecule has 0 atom stereocenters. The van der Waals surface area contributed by atoms with Gasteiger partial charge in [0.1, 0.15) is 5.82 Å². The molecule has 2 aromatic rings. The van der Waals surface area contributed by atoms with Crippen LogP contribution in [0.4, 0.5) is 4.39 Å². The van der Waals surface area contributed by atoms with Crippen molar-refractivity contribution in [1.82, 2.24) is 10.2 Å². The SMILES string of the molecule is O=C(NCc1ccc(C(=O)N2CCOCC2)cc1)c1c(F)cccc1Cl. The molecular weight excluding hydrogens is 359 g/mol. The van der Waals surface area contributed by atoms with Gasteiger partial charge in [0.25, 0.3) is 11.8 Å². The first kappa shape index (κ1) is 18.4. The second-order valence-electron chi connectivity index (χ2n) is 5.88. The predicted molar refractivity (Wildman–Crippen MR) is 95.7 cm³/mol. The third-order valence-corrected chi connectivity index (χ3v) is 4.46. The van der Waals surface area contributed by atoms with Gasteiger partial charge in [0.05, 0.1) is 23.8 Å². The first-order chi connectivity index (χ1) is 12.6. The summed E-state index contributed by atoms with van der Waals surface area (Å²) in [7, 11) is 0. The highest BCUT2D eigenvalue weighted by Crippen LogP contribution is 2.19. The summed E-state index contributed by atoms with van der Waals surface area (Å²) in [5.41, 5.74) is 1.21. The summed E-state index contributed by atoms with van der Waals surface area (Å²) in [5.74, 6) is -1.29. The van der Waals surface area contributed by atoms with Crippen molar-refractivity contribution in [2.45, 2.75) is 6.54 Å². The van der Waals surface area contributed by atoms with Crippen LogP contribution in [0.1, 0.15) is 26.3 Å². The molecule has 0 saturated carbocycles. The molecule has 0 radical (unpaired) electrons. The van der Waals surface area contributed by atoms with Gasteiger partial charge in [-0.1, -0.05) is 29.8 Å². The average molecular weight is 377 g/mol. The summed E-state index contributed by atoms with van der Waals surface area (Å²) in [6.07, 6.45) is 0. The second kappa shape index (κ2) is 8.29. The molecule has 1 aliphatic heterocycles. The lowest BCUT2D eigenvalue weighted by atomic mass is 10.1. The van der Waals surface area contributed by atoms with Crippen LogP contribution in [0.5, 0.6) is 0 Å². The molecule has 7 heteroatoms. The zero-order chi connectivity index (χ0) is 18.5. The summed E-state index contributed by atoms with van der Waals surface area (Å²) in [6, 6.07) is 11.1. The van der Waals surface area contributed by atoms with E-state index in [0.717, 1.165) is 5.56 Å². The Morgan fingerprint density at radius 2 is 1.81 bits per heavy atom. The van der Waals surface area contributed by atoms with E-state index in [1.807, 2.05) is 0 Å². The summed E-state index contributed by atoms with van der Waals surface area (Å²) >= 11 is 5.88. The van der Waals surface area contributed by atoms with Gasteiger partial charge in [0.2, 0.25) is 0 Å². The monoisotopic (exact) mass is 376 g/mol. The van der Waals surface area contributed by atoms with Crippen LogP contribution in [0.2, 0.25) is 5.02 Å². The number of carbonyl (C=O) groups excluding carboxylic acids is 2. The van der Waals surface area contributed by atoms with Gasteiger partial charge in [-0.25, -0.2) is 4.39 Å². The average Bonchev–Trinajstić information content (AvgIpc) is 2.67. The summed E-state index contributed by atoms with van der Waals surface area (Å²) < 4.78 is 19.0. The molecule has 1 heterocycles. The summed E-state index contributed by atoms with van der Waals surface area (Å²) in [6.45, 7) is 2.47. The number of halogens is 2. The summed E-state index contributed by atoms with van der Waals surface area (Å²) in [4.78, 5) is 26.3. The molecule has 1 saturated heterocycles. The van der Waals surface area contributed by atoms with Gasteiger partial charge >= 0.3 is 0 Å². The zero-order valence-corrected chi connectivity index (χ0v) is 14.8. The van der Waals surface area contributed by atoms with E-state index in [-0.39, 0.29) is 23.0 Å². The molecule has 2 amide bonds. The first-order valence-corrected chi connectivity index (χ1v) is 8.62. The third-order valence-electron chi connectivity index (χ3n) is 4.14. The largest absolute Gasteiger partial charge is 0.378 e. The maximum atomic E-state index is 13.7. The molecule has 26 heavy (non-hydrogen) atoms. The molecule has 3 rings (SSSR count). The lowest BCUT2D eigenvalue weighted by molar-refractivity contribution is 0.0303. The van der Waals surface area contributed by atoms with E-state index < -0.39 is 11.7 Å². The van der Waals surface area contributed by atoms with Gasteiger partial charge < -0.3 is 15.0 Å². The predicted octanol–water partition coefficient (Wildman–Crippen LogP) is 2.88. The van der Waals surface area contributed by atoms with Crippen LogP contribution < -0.4 is 5.32 Å². The number of rotatable bonds is 4. The quantitative estimate of drug-likeness (QED) is 0.892. The number of benzene rings is 2. The minimum absolute atomic E-state index is 0.0398. The van der Waals surface area contributed by atoms with Crippen molar-refractivity contribution >= 4 is 23.4 Å². The molecule has 0 spiro atoms. The fourth-order valence-corrected chi connectivity index (χ4v) is 2.95.